The standard InChI is InChI=1S/C11H12N2O5/c1-7-4-8(2-3-12-7)11(18)13(5-9(14)15)6-10(16)17/h2-4H,5-6H2,1H3,(H,14,15)(H,16,17). The van der Waals surface area contributed by atoms with Crippen molar-refractivity contribution in [1.82, 2.24) is 9.88 Å². The Hall–Kier alpha value is -2.44. The second kappa shape index (κ2) is 5.76. The van der Waals surface area contributed by atoms with Crippen molar-refractivity contribution in [2.24, 2.45) is 0 Å². The summed E-state index contributed by atoms with van der Waals surface area (Å²) in [6.45, 7) is 0.356. The number of carbonyl (C=O) groups excluding carboxylic acids is 1. The molecule has 0 spiro atoms. The minimum absolute atomic E-state index is 0.213. The predicted molar refractivity (Wildman–Crippen MR) is 60.1 cm³/mol. The summed E-state index contributed by atoms with van der Waals surface area (Å²) >= 11 is 0. The summed E-state index contributed by atoms with van der Waals surface area (Å²) in [5.74, 6) is -3.18. The van der Waals surface area contributed by atoms with Gasteiger partial charge < -0.3 is 15.1 Å². The quantitative estimate of drug-likeness (QED) is 0.763. The van der Waals surface area contributed by atoms with Crippen molar-refractivity contribution in [1.29, 1.82) is 0 Å². The summed E-state index contributed by atoms with van der Waals surface area (Å²) in [6.07, 6.45) is 1.41. The Bertz CT molecular complexity index is 470. The van der Waals surface area contributed by atoms with Gasteiger partial charge in [0.2, 0.25) is 0 Å². The number of pyridine rings is 1. The number of amides is 1. The highest BCUT2D eigenvalue weighted by molar-refractivity contribution is 5.97. The van der Waals surface area contributed by atoms with E-state index in [0.29, 0.717) is 5.69 Å². The van der Waals surface area contributed by atoms with Crippen LogP contribution in [0.2, 0.25) is 0 Å². The molecule has 1 aromatic rings. The van der Waals surface area contributed by atoms with Crippen LogP contribution in [0.25, 0.3) is 0 Å². The van der Waals surface area contributed by atoms with Crippen molar-refractivity contribution in [3.8, 4) is 0 Å². The Morgan fingerprint density at radius 3 is 2.22 bits per heavy atom. The third kappa shape index (κ3) is 3.85. The number of aromatic nitrogens is 1. The third-order valence-corrected chi connectivity index (χ3v) is 2.08. The molecule has 7 nitrogen and oxygen atoms in total. The summed E-state index contributed by atoms with van der Waals surface area (Å²) in [6, 6.07) is 2.88. The molecular weight excluding hydrogens is 240 g/mol. The first kappa shape index (κ1) is 13.6. The van der Waals surface area contributed by atoms with E-state index >= 15 is 0 Å². The second-order valence-corrected chi connectivity index (χ2v) is 3.63. The van der Waals surface area contributed by atoms with Crippen molar-refractivity contribution in [3.05, 3.63) is 29.6 Å². The van der Waals surface area contributed by atoms with E-state index in [0.717, 1.165) is 4.90 Å². The summed E-state index contributed by atoms with van der Waals surface area (Å²) in [5, 5.41) is 17.3. The smallest absolute Gasteiger partial charge is 0.323 e. The maximum absolute atomic E-state index is 11.9. The lowest BCUT2D eigenvalue weighted by Crippen LogP contribution is -2.39. The van der Waals surface area contributed by atoms with Gasteiger partial charge in [0.25, 0.3) is 5.91 Å². The molecule has 1 amide bonds. The topological polar surface area (TPSA) is 108 Å². The maximum Gasteiger partial charge on any atom is 0.323 e. The minimum atomic E-state index is -1.27. The zero-order chi connectivity index (χ0) is 13.7. The first-order valence-electron chi connectivity index (χ1n) is 5.05. The van der Waals surface area contributed by atoms with Crippen LogP contribution in [-0.2, 0) is 9.59 Å². The molecule has 18 heavy (non-hydrogen) atoms. The van der Waals surface area contributed by atoms with Gasteiger partial charge in [0.1, 0.15) is 13.1 Å². The van der Waals surface area contributed by atoms with Crippen molar-refractivity contribution in [2.75, 3.05) is 13.1 Å². The van der Waals surface area contributed by atoms with Crippen LogP contribution in [0.4, 0.5) is 0 Å². The molecule has 1 rings (SSSR count). The minimum Gasteiger partial charge on any atom is -0.480 e. The molecule has 2 N–H and O–H groups in total. The van der Waals surface area contributed by atoms with Crippen LogP contribution < -0.4 is 0 Å². The van der Waals surface area contributed by atoms with E-state index in [1.54, 1.807) is 6.92 Å². The first-order chi connectivity index (χ1) is 8.40. The lowest BCUT2D eigenvalue weighted by molar-refractivity contribution is -0.140. The lowest BCUT2D eigenvalue weighted by Gasteiger charge is -2.18. The first-order valence-corrected chi connectivity index (χ1v) is 5.05. The molecule has 7 heteroatoms. The van der Waals surface area contributed by atoms with Gasteiger partial charge in [-0.2, -0.15) is 0 Å². The SMILES string of the molecule is Cc1cc(C(=O)N(CC(=O)O)CC(=O)O)ccn1. The Morgan fingerprint density at radius 2 is 1.78 bits per heavy atom. The van der Waals surface area contributed by atoms with Crippen molar-refractivity contribution in [3.63, 3.8) is 0 Å². The largest absolute Gasteiger partial charge is 0.480 e. The average Bonchev–Trinajstić information content (AvgIpc) is 2.26. The normalized spacial score (nSPS) is 9.83. The van der Waals surface area contributed by atoms with Crippen molar-refractivity contribution >= 4 is 17.8 Å². The second-order valence-electron chi connectivity index (χ2n) is 3.63. The summed E-state index contributed by atoms with van der Waals surface area (Å²) in [5.41, 5.74) is 0.802. The number of hydrogen-bond acceptors (Lipinski definition) is 4. The van der Waals surface area contributed by atoms with E-state index < -0.39 is 30.9 Å². The van der Waals surface area contributed by atoms with Gasteiger partial charge in [-0.1, -0.05) is 0 Å². The number of carboxylic acid groups (broad SMARTS) is 2. The van der Waals surface area contributed by atoms with Crippen LogP contribution in [0.15, 0.2) is 18.3 Å². The number of hydrogen-bond donors (Lipinski definition) is 2. The van der Waals surface area contributed by atoms with Gasteiger partial charge in [-0.05, 0) is 19.1 Å². The zero-order valence-corrected chi connectivity index (χ0v) is 9.66. The molecule has 0 saturated carbocycles. The number of aryl methyl sites for hydroxylation is 1. The number of rotatable bonds is 5. The molecule has 0 fully saturated rings. The molecule has 0 atom stereocenters. The maximum atomic E-state index is 11.9. The summed E-state index contributed by atoms with van der Waals surface area (Å²) in [4.78, 5) is 37.8. The molecule has 0 saturated heterocycles. The van der Waals surface area contributed by atoms with Gasteiger partial charge in [0, 0.05) is 17.5 Å². The molecule has 0 aromatic carbocycles. The van der Waals surface area contributed by atoms with E-state index in [1.165, 1.54) is 18.3 Å². The zero-order valence-electron chi connectivity index (χ0n) is 9.66. The van der Waals surface area contributed by atoms with Crippen LogP contribution in [0.3, 0.4) is 0 Å². The Morgan fingerprint density at radius 1 is 1.22 bits per heavy atom. The Kier molecular flexibility index (Phi) is 4.36. The van der Waals surface area contributed by atoms with Gasteiger partial charge in [0.05, 0.1) is 0 Å². The molecule has 0 aliphatic carbocycles. The fraction of sp³-hybridized carbons (Fsp3) is 0.273. The number of carbonyl (C=O) groups is 3. The van der Waals surface area contributed by atoms with E-state index in [1.807, 2.05) is 0 Å². The van der Waals surface area contributed by atoms with E-state index in [2.05, 4.69) is 4.98 Å². The third-order valence-electron chi connectivity index (χ3n) is 2.08. The van der Waals surface area contributed by atoms with Crippen LogP contribution in [-0.4, -0.2) is 51.0 Å². The van der Waals surface area contributed by atoms with Crippen molar-refractivity contribution in [2.45, 2.75) is 6.92 Å². The number of aliphatic carboxylic acids is 2. The fourth-order valence-electron chi connectivity index (χ4n) is 1.39. The summed E-state index contributed by atoms with van der Waals surface area (Å²) in [7, 11) is 0. The van der Waals surface area contributed by atoms with Gasteiger partial charge in [-0.25, -0.2) is 0 Å². The molecule has 0 aliphatic rings. The highest BCUT2D eigenvalue weighted by atomic mass is 16.4. The lowest BCUT2D eigenvalue weighted by atomic mass is 10.2. The van der Waals surface area contributed by atoms with Crippen LogP contribution in [0.5, 0.6) is 0 Å². The van der Waals surface area contributed by atoms with Crippen LogP contribution in [0, 0.1) is 6.92 Å². The Labute approximate surface area is 103 Å². The molecule has 0 unspecified atom stereocenters. The van der Waals surface area contributed by atoms with Crippen molar-refractivity contribution < 1.29 is 24.6 Å². The molecule has 1 aromatic heterocycles. The fourth-order valence-corrected chi connectivity index (χ4v) is 1.39. The molecule has 0 radical (unpaired) electrons. The van der Waals surface area contributed by atoms with Gasteiger partial charge in [0.15, 0.2) is 0 Å². The molecule has 96 valence electrons. The van der Waals surface area contributed by atoms with E-state index in [-0.39, 0.29) is 5.56 Å². The highest BCUT2D eigenvalue weighted by Gasteiger charge is 2.21. The Balaban J connectivity index is 2.94. The van der Waals surface area contributed by atoms with E-state index in [4.69, 9.17) is 10.2 Å². The molecule has 0 aliphatic heterocycles. The average molecular weight is 252 g/mol. The van der Waals surface area contributed by atoms with Gasteiger partial charge >= 0.3 is 11.9 Å². The highest BCUT2D eigenvalue weighted by Crippen LogP contribution is 2.06. The molecule has 1 heterocycles. The monoisotopic (exact) mass is 252 g/mol. The van der Waals surface area contributed by atoms with Crippen LogP contribution in [0.1, 0.15) is 16.1 Å². The van der Waals surface area contributed by atoms with Gasteiger partial charge in [-0.3, -0.25) is 19.4 Å². The van der Waals surface area contributed by atoms with E-state index in [9.17, 15) is 14.4 Å². The van der Waals surface area contributed by atoms with Crippen LogP contribution >= 0.6 is 0 Å². The van der Waals surface area contributed by atoms with Gasteiger partial charge in [-0.15, -0.1) is 0 Å². The number of carboxylic acids is 2. The number of nitrogens with zero attached hydrogens (tertiary/aromatic N) is 2. The molecule has 0 bridgehead atoms. The molecular formula is C11H12N2O5. The summed E-state index contributed by atoms with van der Waals surface area (Å²) < 4.78 is 0. The predicted octanol–water partition coefficient (Wildman–Crippen LogP) is 0.00142.